The number of imidazole rings is 1. The summed E-state index contributed by atoms with van der Waals surface area (Å²) in [5.74, 6) is -2.34. The first-order valence-electron chi connectivity index (χ1n) is 6.94. The predicted octanol–water partition coefficient (Wildman–Crippen LogP) is 3.45. The van der Waals surface area contributed by atoms with E-state index in [2.05, 4.69) is 15.2 Å². The molecule has 0 amide bonds. The number of hydrogen-bond donors (Lipinski definition) is 2. The zero-order valence-corrected chi connectivity index (χ0v) is 12.5. The highest BCUT2D eigenvalue weighted by molar-refractivity contribution is 5.93. The van der Waals surface area contributed by atoms with Gasteiger partial charge in [0.05, 0.1) is 5.56 Å². The molecule has 24 heavy (non-hydrogen) atoms. The van der Waals surface area contributed by atoms with Crippen molar-refractivity contribution in [2.45, 2.75) is 6.92 Å². The summed E-state index contributed by atoms with van der Waals surface area (Å²) in [7, 11) is 0. The van der Waals surface area contributed by atoms with Crippen molar-refractivity contribution in [3.8, 4) is 0 Å². The Labute approximate surface area is 135 Å². The van der Waals surface area contributed by atoms with Gasteiger partial charge in [-0.2, -0.15) is 0 Å². The maximum absolute atomic E-state index is 11.4. The van der Waals surface area contributed by atoms with Crippen molar-refractivity contribution < 1.29 is 19.8 Å². The van der Waals surface area contributed by atoms with E-state index in [1.165, 1.54) is 12.1 Å². The third kappa shape index (κ3) is 2.60. The first-order valence-corrected chi connectivity index (χ1v) is 6.94. The van der Waals surface area contributed by atoms with Gasteiger partial charge in [0.2, 0.25) is 0 Å². The molecule has 0 aliphatic carbocycles. The number of aromatic carboxylic acids is 2. The monoisotopic (exact) mass is 324 g/mol. The number of benzene rings is 1. The Morgan fingerprint density at radius 3 is 2.46 bits per heavy atom. The lowest BCUT2D eigenvalue weighted by molar-refractivity contribution is 0.0683. The molecule has 0 spiro atoms. The summed E-state index contributed by atoms with van der Waals surface area (Å²) < 4.78 is 1.55. The van der Waals surface area contributed by atoms with Gasteiger partial charge in [0.15, 0.2) is 11.5 Å². The summed E-state index contributed by atoms with van der Waals surface area (Å²) in [6.07, 6.45) is 0. The van der Waals surface area contributed by atoms with Crippen LogP contribution in [-0.2, 0) is 0 Å². The van der Waals surface area contributed by atoms with Crippen molar-refractivity contribution in [1.29, 1.82) is 0 Å². The fourth-order valence-corrected chi connectivity index (χ4v) is 2.31. The number of azo groups is 1. The second kappa shape index (κ2) is 5.92. The summed E-state index contributed by atoms with van der Waals surface area (Å²) >= 11 is 0. The number of nitrogens with zero attached hydrogens (tertiary/aromatic N) is 4. The molecule has 0 aliphatic rings. The number of hydrogen-bond acceptors (Lipinski definition) is 5. The third-order valence-electron chi connectivity index (χ3n) is 3.40. The molecule has 0 bridgehead atoms. The Bertz CT molecular complexity index is 991. The van der Waals surface area contributed by atoms with Crippen LogP contribution in [0.15, 0.2) is 52.7 Å². The number of aromatic nitrogens is 2. The smallest absolute Gasteiger partial charge is 0.358 e. The van der Waals surface area contributed by atoms with Gasteiger partial charge in [0.25, 0.3) is 0 Å². The van der Waals surface area contributed by atoms with Gasteiger partial charge in [-0.1, -0.05) is 18.2 Å². The Hall–Kier alpha value is -3.55. The lowest BCUT2D eigenvalue weighted by atomic mass is 10.2. The van der Waals surface area contributed by atoms with E-state index in [0.29, 0.717) is 5.65 Å². The van der Waals surface area contributed by atoms with Crippen LogP contribution in [0, 0.1) is 6.92 Å². The largest absolute Gasteiger partial charge is 0.478 e. The number of rotatable bonds is 4. The van der Waals surface area contributed by atoms with Crippen LogP contribution in [0.2, 0.25) is 0 Å². The van der Waals surface area contributed by atoms with E-state index in [1.54, 1.807) is 41.7 Å². The average Bonchev–Trinajstić information content (AvgIpc) is 2.93. The predicted molar refractivity (Wildman–Crippen MR) is 84.5 cm³/mol. The Kier molecular flexibility index (Phi) is 3.78. The first-order chi connectivity index (χ1) is 11.5. The summed E-state index contributed by atoms with van der Waals surface area (Å²) in [6, 6.07) is 11.3. The average molecular weight is 324 g/mol. The zero-order chi connectivity index (χ0) is 17.3. The zero-order valence-electron chi connectivity index (χ0n) is 12.5. The SMILES string of the molecule is Cc1cccc2nc(C(=O)O)c(N=Nc3ccccc3C(=O)O)n12. The number of carbonyl (C=O) groups is 2. The van der Waals surface area contributed by atoms with Crippen molar-refractivity contribution >= 4 is 29.1 Å². The molecule has 0 saturated carbocycles. The lowest BCUT2D eigenvalue weighted by Gasteiger charge is -2.02. The summed E-state index contributed by atoms with van der Waals surface area (Å²) in [5, 5.41) is 26.4. The Morgan fingerprint density at radius 1 is 1.00 bits per heavy atom. The lowest BCUT2D eigenvalue weighted by Crippen LogP contribution is -1.97. The van der Waals surface area contributed by atoms with Crippen molar-refractivity contribution in [1.82, 2.24) is 9.38 Å². The molecule has 120 valence electrons. The third-order valence-corrected chi connectivity index (χ3v) is 3.40. The number of pyridine rings is 1. The Balaban J connectivity index is 2.18. The number of fused-ring (bicyclic) bond motifs is 1. The van der Waals surface area contributed by atoms with Gasteiger partial charge in [-0.3, -0.25) is 4.40 Å². The summed E-state index contributed by atoms with van der Waals surface area (Å²) in [6.45, 7) is 1.78. The van der Waals surface area contributed by atoms with Crippen LogP contribution in [-0.4, -0.2) is 31.5 Å². The molecule has 1 aromatic carbocycles. The van der Waals surface area contributed by atoms with Crippen LogP contribution in [0.3, 0.4) is 0 Å². The molecule has 2 N–H and O–H groups in total. The quantitative estimate of drug-likeness (QED) is 0.713. The van der Waals surface area contributed by atoms with E-state index >= 15 is 0 Å². The van der Waals surface area contributed by atoms with Crippen molar-refractivity contribution in [2.24, 2.45) is 10.2 Å². The van der Waals surface area contributed by atoms with Gasteiger partial charge < -0.3 is 10.2 Å². The highest BCUT2D eigenvalue weighted by Gasteiger charge is 2.19. The van der Waals surface area contributed by atoms with E-state index in [4.69, 9.17) is 5.11 Å². The maximum atomic E-state index is 11.4. The maximum Gasteiger partial charge on any atom is 0.358 e. The van der Waals surface area contributed by atoms with E-state index < -0.39 is 11.9 Å². The summed E-state index contributed by atoms with van der Waals surface area (Å²) in [4.78, 5) is 26.7. The normalized spacial score (nSPS) is 11.2. The molecule has 0 saturated heterocycles. The fraction of sp³-hybridized carbons (Fsp3) is 0.0625. The highest BCUT2D eigenvalue weighted by atomic mass is 16.4. The molecule has 2 aromatic heterocycles. The van der Waals surface area contributed by atoms with Gasteiger partial charge in [-0.15, -0.1) is 10.2 Å². The van der Waals surface area contributed by atoms with E-state index in [9.17, 15) is 14.7 Å². The molecule has 0 fully saturated rings. The van der Waals surface area contributed by atoms with Crippen LogP contribution in [0.1, 0.15) is 26.5 Å². The van der Waals surface area contributed by atoms with Gasteiger partial charge in [0, 0.05) is 5.69 Å². The second-order valence-electron chi connectivity index (χ2n) is 4.97. The summed E-state index contributed by atoms with van der Waals surface area (Å²) in [5.41, 5.74) is 1.01. The Morgan fingerprint density at radius 2 is 1.75 bits per heavy atom. The van der Waals surface area contributed by atoms with E-state index in [-0.39, 0.29) is 22.8 Å². The molecule has 3 aromatic rings. The minimum absolute atomic E-state index is 0.0244. The molecular formula is C16H12N4O4. The van der Waals surface area contributed by atoms with E-state index in [1.807, 2.05) is 0 Å². The van der Waals surface area contributed by atoms with Crippen LogP contribution < -0.4 is 0 Å². The highest BCUT2D eigenvalue weighted by Crippen LogP contribution is 2.27. The molecule has 0 unspecified atom stereocenters. The van der Waals surface area contributed by atoms with Gasteiger partial charge in [-0.05, 0) is 31.2 Å². The number of aryl methyl sites for hydroxylation is 1. The van der Waals surface area contributed by atoms with Crippen LogP contribution in [0.5, 0.6) is 0 Å². The molecule has 8 heteroatoms. The van der Waals surface area contributed by atoms with Gasteiger partial charge in [0.1, 0.15) is 11.3 Å². The van der Waals surface area contributed by atoms with Crippen LogP contribution in [0.4, 0.5) is 11.5 Å². The van der Waals surface area contributed by atoms with Crippen molar-refractivity contribution in [3.63, 3.8) is 0 Å². The van der Waals surface area contributed by atoms with Gasteiger partial charge in [-0.25, -0.2) is 14.6 Å². The molecule has 0 radical (unpaired) electrons. The fourth-order valence-electron chi connectivity index (χ4n) is 2.31. The molecule has 2 heterocycles. The van der Waals surface area contributed by atoms with Crippen molar-refractivity contribution in [3.05, 3.63) is 59.4 Å². The number of carboxylic acids is 2. The van der Waals surface area contributed by atoms with Crippen LogP contribution >= 0.6 is 0 Å². The molecular weight excluding hydrogens is 312 g/mol. The molecule has 8 nitrogen and oxygen atoms in total. The molecule has 0 atom stereocenters. The topological polar surface area (TPSA) is 117 Å². The first kappa shape index (κ1) is 15.3. The molecule has 0 aliphatic heterocycles. The van der Waals surface area contributed by atoms with Crippen LogP contribution in [0.25, 0.3) is 5.65 Å². The standard InChI is InChI=1S/C16H12N4O4/c1-9-5-4-8-12-17-13(16(23)24)14(20(9)12)19-18-11-7-3-2-6-10(11)15(21)22/h2-8H,1H3,(H,21,22)(H,23,24). The second-order valence-corrected chi connectivity index (χ2v) is 4.97. The minimum Gasteiger partial charge on any atom is -0.478 e. The van der Waals surface area contributed by atoms with Gasteiger partial charge >= 0.3 is 11.9 Å². The van der Waals surface area contributed by atoms with E-state index in [0.717, 1.165) is 5.69 Å². The van der Waals surface area contributed by atoms with Crippen molar-refractivity contribution in [2.75, 3.05) is 0 Å². The number of carboxylic acid groups (broad SMARTS) is 2. The minimum atomic E-state index is -1.24. The molecule has 3 rings (SSSR count).